The summed E-state index contributed by atoms with van der Waals surface area (Å²) in [5.74, 6) is -0.333. The molecular formula is C19H12FN7. The minimum absolute atomic E-state index is 0.309. The maximum atomic E-state index is 13.3. The molecule has 0 unspecified atom stereocenters. The van der Waals surface area contributed by atoms with Gasteiger partial charge < -0.3 is 4.57 Å². The predicted molar refractivity (Wildman–Crippen MR) is 94.5 cm³/mol. The van der Waals surface area contributed by atoms with Crippen LogP contribution in [0.3, 0.4) is 0 Å². The third kappa shape index (κ3) is 2.90. The molecule has 1 aromatic carbocycles. The molecule has 4 rings (SSSR count). The monoisotopic (exact) mass is 357 g/mol. The Morgan fingerprint density at radius 2 is 1.85 bits per heavy atom. The van der Waals surface area contributed by atoms with Gasteiger partial charge in [-0.15, -0.1) is 0 Å². The van der Waals surface area contributed by atoms with E-state index in [9.17, 15) is 9.65 Å². The van der Waals surface area contributed by atoms with Crippen LogP contribution in [0.25, 0.3) is 28.3 Å². The van der Waals surface area contributed by atoms with Gasteiger partial charge in [0.2, 0.25) is 0 Å². The van der Waals surface area contributed by atoms with Gasteiger partial charge in [-0.2, -0.15) is 15.6 Å². The van der Waals surface area contributed by atoms with Crippen molar-refractivity contribution in [2.45, 2.75) is 13.0 Å². The number of hydrogen-bond acceptors (Lipinski definition) is 5. The first kappa shape index (κ1) is 16.4. The molecule has 7 nitrogen and oxygen atoms in total. The van der Waals surface area contributed by atoms with Gasteiger partial charge in [0.15, 0.2) is 11.3 Å². The highest BCUT2D eigenvalue weighted by Gasteiger charge is 2.17. The van der Waals surface area contributed by atoms with E-state index in [1.807, 2.05) is 4.57 Å². The quantitative estimate of drug-likeness (QED) is 0.559. The first-order valence-corrected chi connectivity index (χ1v) is 8.14. The zero-order valence-corrected chi connectivity index (χ0v) is 14.0. The van der Waals surface area contributed by atoms with Crippen molar-refractivity contribution in [1.29, 1.82) is 10.5 Å². The second kappa shape index (κ2) is 6.70. The first-order chi connectivity index (χ1) is 13.2. The summed E-state index contributed by atoms with van der Waals surface area (Å²) in [4.78, 5) is 8.60. The zero-order valence-electron chi connectivity index (χ0n) is 14.0. The lowest BCUT2D eigenvalue weighted by Gasteiger charge is -2.09. The summed E-state index contributed by atoms with van der Waals surface area (Å²) < 4.78 is 16.6. The van der Waals surface area contributed by atoms with Crippen LogP contribution in [0.15, 0.2) is 48.9 Å². The number of hydrogen-bond donors (Lipinski definition) is 0. The number of halogens is 1. The Bertz CT molecular complexity index is 1210. The molecule has 8 heteroatoms. The fraction of sp³-hybridized carbons (Fsp3) is 0.105. The lowest BCUT2D eigenvalue weighted by atomic mass is 10.1. The second-order valence-electron chi connectivity index (χ2n) is 5.79. The van der Waals surface area contributed by atoms with Gasteiger partial charge in [-0.05, 0) is 36.4 Å². The summed E-state index contributed by atoms with van der Waals surface area (Å²) in [6.45, 7) is 0.439. The minimum atomic E-state index is -0.333. The standard InChI is InChI=1S/C19H12FN7/c20-14-4-2-13(3-5-14)18-19(26(12-24-18)9-1-8-21)16-6-7-17-23-11-15(10-22)27(17)25-16/h2-7,11-12H,1,9H2. The van der Waals surface area contributed by atoms with Gasteiger partial charge >= 0.3 is 0 Å². The van der Waals surface area contributed by atoms with Crippen LogP contribution in [-0.4, -0.2) is 24.1 Å². The molecule has 0 atom stereocenters. The Morgan fingerprint density at radius 1 is 1.04 bits per heavy atom. The zero-order chi connectivity index (χ0) is 18.8. The van der Waals surface area contributed by atoms with Crippen LogP contribution in [0, 0.1) is 28.5 Å². The van der Waals surface area contributed by atoms with E-state index in [-0.39, 0.29) is 5.82 Å². The topological polar surface area (TPSA) is 95.6 Å². The van der Waals surface area contributed by atoms with E-state index >= 15 is 0 Å². The van der Waals surface area contributed by atoms with E-state index < -0.39 is 0 Å². The number of benzene rings is 1. The number of aryl methyl sites for hydroxylation is 1. The van der Waals surface area contributed by atoms with E-state index in [0.29, 0.717) is 41.4 Å². The summed E-state index contributed by atoms with van der Waals surface area (Å²) in [5, 5.41) is 22.7. The number of aromatic nitrogens is 5. The maximum absolute atomic E-state index is 13.3. The molecule has 3 aromatic heterocycles. The Labute approximate surface area is 153 Å². The molecule has 0 aliphatic rings. The second-order valence-corrected chi connectivity index (χ2v) is 5.79. The van der Waals surface area contributed by atoms with Gasteiger partial charge in [0.05, 0.1) is 36.4 Å². The third-order valence-corrected chi connectivity index (χ3v) is 4.14. The number of rotatable bonds is 4. The molecule has 27 heavy (non-hydrogen) atoms. The summed E-state index contributed by atoms with van der Waals surface area (Å²) in [6, 6.07) is 13.8. The van der Waals surface area contributed by atoms with Crippen molar-refractivity contribution >= 4 is 5.65 Å². The summed E-state index contributed by atoms with van der Waals surface area (Å²) in [6.07, 6.45) is 3.40. The van der Waals surface area contributed by atoms with Gasteiger partial charge in [0.1, 0.15) is 17.6 Å². The molecule has 0 aliphatic heterocycles. The van der Waals surface area contributed by atoms with Gasteiger partial charge in [-0.1, -0.05) is 0 Å². The van der Waals surface area contributed by atoms with Crippen molar-refractivity contribution in [2.24, 2.45) is 0 Å². The van der Waals surface area contributed by atoms with Crippen molar-refractivity contribution in [3.63, 3.8) is 0 Å². The largest absolute Gasteiger partial charge is 0.328 e. The molecule has 0 aliphatic carbocycles. The predicted octanol–water partition coefficient (Wildman–Crippen LogP) is 3.18. The number of imidazole rings is 2. The molecule has 0 radical (unpaired) electrons. The van der Waals surface area contributed by atoms with Gasteiger partial charge in [-0.3, -0.25) is 0 Å². The van der Waals surface area contributed by atoms with Crippen LogP contribution in [-0.2, 0) is 6.54 Å². The molecule has 0 N–H and O–H groups in total. The molecule has 0 saturated carbocycles. The smallest absolute Gasteiger partial charge is 0.162 e. The third-order valence-electron chi connectivity index (χ3n) is 4.14. The van der Waals surface area contributed by atoms with Gasteiger partial charge in [0.25, 0.3) is 0 Å². The molecule has 0 bridgehead atoms. The number of nitrogens with zero attached hydrogens (tertiary/aromatic N) is 7. The molecule has 0 amide bonds. The highest BCUT2D eigenvalue weighted by Crippen LogP contribution is 2.30. The van der Waals surface area contributed by atoms with Crippen molar-refractivity contribution in [1.82, 2.24) is 24.1 Å². The number of nitriles is 2. The van der Waals surface area contributed by atoms with Crippen LogP contribution < -0.4 is 0 Å². The molecule has 4 aromatic rings. The lowest BCUT2D eigenvalue weighted by Crippen LogP contribution is -2.03. The average molecular weight is 357 g/mol. The van der Waals surface area contributed by atoms with Crippen LogP contribution in [0.1, 0.15) is 12.1 Å². The Morgan fingerprint density at radius 3 is 2.59 bits per heavy atom. The van der Waals surface area contributed by atoms with Crippen LogP contribution in [0.4, 0.5) is 4.39 Å². The van der Waals surface area contributed by atoms with Crippen molar-refractivity contribution in [3.05, 3.63) is 60.4 Å². The minimum Gasteiger partial charge on any atom is -0.328 e. The molecule has 0 saturated heterocycles. The molecule has 130 valence electrons. The average Bonchev–Trinajstić information content (AvgIpc) is 3.30. The fourth-order valence-electron chi connectivity index (χ4n) is 2.89. The van der Waals surface area contributed by atoms with Crippen molar-refractivity contribution < 1.29 is 4.39 Å². The van der Waals surface area contributed by atoms with E-state index in [2.05, 4.69) is 27.2 Å². The van der Waals surface area contributed by atoms with Gasteiger partial charge in [-0.25, -0.2) is 18.9 Å². The first-order valence-electron chi connectivity index (χ1n) is 8.14. The molecule has 0 spiro atoms. The Balaban J connectivity index is 1.92. The van der Waals surface area contributed by atoms with Crippen LogP contribution in [0.2, 0.25) is 0 Å². The van der Waals surface area contributed by atoms with E-state index in [0.717, 1.165) is 5.56 Å². The maximum Gasteiger partial charge on any atom is 0.162 e. The molecule has 3 heterocycles. The van der Waals surface area contributed by atoms with E-state index in [1.54, 1.807) is 30.6 Å². The van der Waals surface area contributed by atoms with Crippen molar-refractivity contribution in [2.75, 3.05) is 0 Å². The fourth-order valence-corrected chi connectivity index (χ4v) is 2.89. The Hall–Kier alpha value is -4.04. The normalized spacial score (nSPS) is 10.6. The molecular weight excluding hydrogens is 345 g/mol. The van der Waals surface area contributed by atoms with Gasteiger partial charge in [0, 0.05) is 12.1 Å². The van der Waals surface area contributed by atoms with Crippen LogP contribution in [0.5, 0.6) is 0 Å². The summed E-state index contributed by atoms with van der Waals surface area (Å²) in [5.41, 5.74) is 3.50. The number of fused-ring (bicyclic) bond motifs is 1. The summed E-state index contributed by atoms with van der Waals surface area (Å²) >= 11 is 0. The summed E-state index contributed by atoms with van der Waals surface area (Å²) in [7, 11) is 0. The highest BCUT2D eigenvalue weighted by molar-refractivity contribution is 5.77. The molecule has 0 fully saturated rings. The van der Waals surface area contributed by atoms with Crippen molar-refractivity contribution in [3.8, 4) is 34.8 Å². The highest BCUT2D eigenvalue weighted by atomic mass is 19.1. The lowest BCUT2D eigenvalue weighted by molar-refractivity contribution is 0.628. The van der Waals surface area contributed by atoms with Crippen LogP contribution >= 0.6 is 0 Å². The SMILES string of the molecule is N#CCCn1cnc(-c2ccc(F)cc2)c1-c1ccc2ncc(C#N)n2n1. The van der Waals surface area contributed by atoms with E-state index in [4.69, 9.17) is 5.26 Å². The Kier molecular flexibility index (Phi) is 4.07. The van der Waals surface area contributed by atoms with E-state index in [1.165, 1.54) is 22.8 Å².